The molecule has 2 atom stereocenters. The van der Waals surface area contributed by atoms with Crippen molar-refractivity contribution in [2.24, 2.45) is 17.8 Å². The minimum atomic E-state index is -0.794. The number of ketones is 3. The molecule has 3 rings (SSSR count). The Labute approximate surface area is 213 Å². The zero-order valence-corrected chi connectivity index (χ0v) is 21.2. The van der Waals surface area contributed by atoms with E-state index in [1.807, 2.05) is 62.4 Å². The number of carbonyl (C=O) groups is 4. The predicted octanol–water partition coefficient (Wildman–Crippen LogP) is 4.52. The highest BCUT2D eigenvalue weighted by molar-refractivity contribution is 6.38. The summed E-state index contributed by atoms with van der Waals surface area (Å²) in [6, 6.07) is 14.1. The van der Waals surface area contributed by atoms with Crippen LogP contribution in [0.15, 0.2) is 54.7 Å². The van der Waals surface area contributed by atoms with E-state index in [4.69, 9.17) is 4.74 Å². The van der Waals surface area contributed by atoms with Gasteiger partial charge in [-0.1, -0.05) is 50.2 Å². The minimum absolute atomic E-state index is 0.101. The molecule has 1 aromatic heterocycles. The lowest BCUT2D eigenvalue weighted by atomic mass is 9.85. The molecule has 192 valence electrons. The Hall–Kier alpha value is -3.35. The maximum Gasteiger partial charge on any atom is 0.407 e. The minimum Gasteiger partial charge on any atom is -0.449 e. The van der Waals surface area contributed by atoms with Crippen LogP contribution in [0.3, 0.4) is 0 Å². The van der Waals surface area contributed by atoms with Gasteiger partial charge in [0.15, 0.2) is 11.6 Å². The lowest BCUT2D eigenvalue weighted by Crippen LogP contribution is -2.43. The molecular formula is C29H36N2O5. The Morgan fingerprint density at radius 1 is 1.03 bits per heavy atom. The van der Waals surface area contributed by atoms with Gasteiger partial charge in [-0.2, -0.15) is 0 Å². The van der Waals surface area contributed by atoms with Gasteiger partial charge in [0.25, 0.3) is 0 Å². The highest BCUT2D eigenvalue weighted by Gasteiger charge is 2.34. The molecule has 1 fully saturated rings. The topological polar surface area (TPSA) is 102 Å². The maximum atomic E-state index is 13.3. The Morgan fingerprint density at radius 2 is 1.75 bits per heavy atom. The van der Waals surface area contributed by atoms with Gasteiger partial charge in [0.1, 0.15) is 0 Å². The second kappa shape index (κ2) is 13.7. The zero-order chi connectivity index (χ0) is 25.9. The standard InChI is InChI=1S/C29H36N2O5/c1-20(2)16-25(31-29(35)36-15-13-24-10-6-7-14-30-24)26(32)19-23(17-21-8-4-3-5-9-21)28(34)27(33)18-22-11-12-22/h3-10,14,20,22-23,25H,11-13,15-19H2,1-2H3,(H,31,35)/t23-,25+/m1/s1. The van der Waals surface area contributed by atoms with Crippen LogP contribution in [0.5, 0.6) is 0 Å². The lowest BCUT2D eigenvalue weighted by molar-refractivity contribution is -0.140. The molecule has 1 N–H and O–H groups in total. The molecule has 1 aromatic carbocycles. The summed E-state index contributed by atoms with van der Waals surface area (Å²) < 4.78 is 5.28. The fraction of sp³-hybridized carbons (Fsp3) is 0.483. The first-order valence-corrected chi connectivity index (χ1v) is 12.8. The highest BCUT2D eigenvalue weighted by atomic mass is 16.5. The number of aromatic nitrogens is 1. The van der Waals surface area contributed by atoms with E-state index in [0.717, 1.165) is 24.1 Å². The number of amides is 1. The summed E-state index contributed by atoms with van der Waals surface area (Å²) in [5.74, 6) is -1.46. The molecule has 0 aliphatic heterocycles. The van der Waals surface area contributed by atoms with Gasteiger partial charge in [0.05, 0.1) is 12.6 Å². The smallest absolute Gasteiger partial charge is 0.407 e. The molecule has 1 aliphatic rings. The molecule has 1 aliphatic carbocycles. The van der Waals surface area contributed by atoms with Crippen LogP contribution in [-0.4, -0.2) is 41.1 Å². The normalized spacial score (nSPS) is 14.6. The summed E-state index contributed by atoms with van der Waals surface area (Å²) in [4.78, 5) is 55.7. The molecule has 0 radical (unpaired) electrons. The van der Waals surface area contributed by atoms with E-state index < -0.39 is 29.6 Å². The van der Waals surface area contributed by atoms with Gasteiger partial charge < -0.3 is 10.1 Å². The van der Waals surface area contributed by atoms with Crippen LogP contribution in [0.25, 0.3) is 0 Å². The van der Waals surface area contributed by atoms with Crippen LogP contribution >= 0.6 is 0 Å². The number of pyridine rings is 1. The molecule has 0 bridgehead atoms. The van der Waals surface area contributed by atoms with E-state index in [2.05, 4.69) is 10.3 Å². The Balaban J connectivity index is 1.63. The molecule has 0 saturated heterocycles. The highest BCUT2D eigenvalue weighted by Crippen LogP contribution is 2.33. The van der Waals surface area contributed by atoms with E-state index in [1.54, 1.807) is 6.20 Å². The summed E-state index contributed by atoms with van der Waals surface area (Å²) in [6.07, 6.45) is 4.30. The number of hydrogen-bond donors (Lipinski definition) is 1. The molecular weight excluding hydrogens is 456 g/mol. The summed E-state index contributed by atoms with van der Waals surface area (Å²) in [5.41, 5.74) is 1.70. The first-order valence-electron chi connectivity index (χ1n) is 12.8. The van der Waals surface area contributed by atoms with Crippen molar-refractivity contribution in [3.05, 3.63) is 66.0 Å². The first-order chi connectivity index (χ1) is 17.3. The van der Waals surface area contributed by atoms with Crippen molar-refractivity contribution in [3.8, 4) is 0 Å². The van der Waals surface area contributed by atoms with E-state index in [9.17, 15) is 19.2 Å². The fourth-order valence-electron chi connectivity index (χ4n) is 4.17. The summed E-state index contributed by atoms with van der Waals surface area (Å²) in [6.45, 7) is 4.05. The maximum absolute atomic E-state index is 13.3. The number of hydrogen-bond acceptors (Lipinski definition) is 6. The zero-order valence-electron chi connectivity index (χ0n) is 21.2. The van der Waals surface area contributed by atoms with Crippen molar-refractivity contribution in [2.75, 3.05) is 6.61 Å². The SMILES string of the molecule is CC(C)C[C@H](NC(=O)OCCc1ccccn1)C(=O)C[C@@H](Cc1ccccc1)C(=O)C(=O)CC1CC1. The van der Waals surface area contributed by atoms with E-state index in [1.165, 1.54) is 0 Å². The second-order valence-corrected chi connectivity index (χ2v) is 10.0. The Kier molecular flexibility index (Phi) is 10.3. The number of Topliss-reactive ketones (excluding diaryl/α,β-unsaturated/α-hetero) is 3. The van der Waals surface area contributed by atoms with Gasteiger partial charge >= 0.3 is 6.09 Å². The molecule has 7 nitrogen and oxygen atoms in total. The number of alkyl carbamates (subject to hydrolysis) is 1. The number of nitrogens with zero attached hydrogens (tertiary/aromatic N) is 1. The van der Waals surface area contributed by atoms with Crippen LogP contribution < -0.4 is 5.32 Å². The number of ether oxygens (including phenoxy) is 1. The predicted molar refractivity (Wildman–Crippen MR) is 136 cm³/mol. The first kappa shape index (κ1) is 27.2. The summed E-state index contributed by atoms with van der Waals surface area (Å²) in [7, 11) is 0. The van der Waals surface area contributed by atoms with Crippen molar-refractivity contribution in [3.63, 3.8) is 0 Å². The third-order valence-electron chi connectivity index (χ3n) is 6.29. The van der Waals surface area contributed by atoms with Crippen LogP contribution in [0.2, 0.25) is 0 Å². The summed E-state index contributed by atoms with van der Waals surface area (Å²) >= 11 is 0. The van der Waals surface area contributed by atoms with Gasteiger partial charge in [-0.15, -0.1) is 0 Å². The molecule has 2 aromatic rings. The van der Waals surface area contributed by atoms with Gasteiger partial charge in [0, 0.05) is 37.1 Å². The quantitative estimate of drug-likeness (QED) is 0.367. The molecule has 1 heterocycles. The molecule has 1 saturated carbocycles. The van der Waals surface area contributed by atoms with Crippen LogP contribution in [0, 0.1) is 17.8 Å². The molecule has 36 heavy (non-hydrogen) atoms. The Morgan fingerprint density at radius 3 is 2.39 bits per heavy atom. The third-order valence-corrected chi connectivity index (χ3v) is 6.29. The number of nitrogens with one attached hydrogen (secondary N) is 1. The molecule has 7 heteroatoms. The largest absolute Gasteiger partial charge is 0.449 e. The van der Waals surface area contributed by atoms with E-state index in [-0.39, 0.29) is 31.1 Å². The van der Waals surface area contributed by atoms with Gasteiger partial charge in [-0.05, 0) is 55.2 Å². The summed E-state index contributed by atoms with van der Waals surface area (Å²) in [5, 5.41) is 2.69. The molecule has 0 spiro atoms. The molecule has 0 unspecified atom stereocenters. The van der Waals surface area contributed by atoms with Gasteiger partial charge in [-0.25, -0.2) is 4.79 Å². The van der Waals surface area contributed by atoms with Crippen LogP contribution in [0.1, 0.15) is 57.2 Å². The third kappa shape index (κ3) is 9.36. The van der Waals surface area contributed by atoms with Crippen molar-refractivity contribution >= 4 is 23.4 Å². The van der Waals surface area contributed by atoms with Gasteiger partial charge in [0.2, 0.25) is 5.78 Å². The van der Waals surface area contributed by atoms with Crippen LogP contribution in [-0.2, 0) is 32.0 Å². The second-order valence-electron chi connectivity index (χ2n) is 10.0. The Bertz CT molecular complexity index is 1020. The molecule has 1 amide bonds. The van der Waals surface area contributed by atoms with Crippen molar-refractivity contribution in [2.45, 2.75) is 64.8 Å². The average molecular weight is 493 g/mol. The monoisotopic (exact) mass is 492 g/mol. The van der Waals surface area contributed by atoms with Crippen molar-refractivity contribution in [1.29, 1.82) is 0 Å². The van der Waals surface area contributed by atoms with Crippen LogP contribution in [0.4, 0.5) is 4.79 Å². The average Bonchev–Trinajstić information content (AvgIpc) is 3.67. The van der Waals surface area contributed by atoms with Crippen molar-refractivity contribution in [1.82, 2.24) is 10.3 Å². The lowest BCUT2D eigenvalue weighted by Gasteiger charge is -2.22. The fourth-order valence-corrected chi connectivity index (χ4v) is 4.17. The van der Waals surface area contributed by atoms with E-state index in [0.29, 0.717) is 25.2 Å². The van der Waals surface area contributed by atoms with Crippen molar-refractivity contribution < 1.29 is 23.9 Å². The number of rotatable bonds is 15. The van der Waals surface area contributed by atoms with E-state index >= 15 is 0 Å². The number of carbonyl (C=O) groups excluding carboxylic acids is 4. The number of benzene rings is 1. The van der Waals surface area contributed by atoms with Gasteiger partial charge in [-0.3, -0.25) is 19.4 Å².